The van der Waals surface area contributed by atoms with Crippen LogP contribution in [-0.2, 0) is 23.4 Å². The Morgan fingerprint density at radius 1 is 1.31 bits per heavy atom. The van der Waals surface area contributed by atoms with Crippen molar-refractivity contribution >= 4 is 13.7 Å². The molecular weight excluding hydrogens is 539 g/mol. The van der Waals surface area contributed by atoms with Crippen molar-refractivity contribution in [3.63, 3.8) is 0 Å². The van der Waals surface area contributed by atoms with E-state index in [-0.39, 0.29) is 18.9 Å². The van der Waals surface area contributed by atoms with Crippen LogP contribution in [0.5, 0.6) is 5.75 Å². The van der Waals surface area contributed by atoms with E-state index in [2.05, 4.69) is 10.0 Å². The number of H-pyrrole nitrogens is 1. The second kappa shape index (κ2) is 11.7. The van der Waals surface area contributed by atoms with Gasteiger partial charge in [0.15, 0.2) is 6.23 Å². The SMILES string of the molecule is CCOC(=O)[C@@H]1CCCN1P(=O)(OC[C@@]1(N=[N+]=[N-])O[C@@H](n2ccc(=O)[nH]c2=O)[C@@H](O)[C@H]1O)Oc1ccccc1. The molecule has 210 valence electrons. The van der Waals surface area contributed by atoms with Gasteiger partial charge in [0.2, 0.25) is 5.72 Å². The molecule has 2 saturated heterocycles. The standard InChI is InChI=1S/C22H27N6O10P/c1-2-35-20(32)15-9-6-11-28(15)39(34,38-14-7-4-3-5-8-14)36-13-22(25-26-23)18(31)17(30)19(37-22)27-12-10-16(29)24-21(27)33/h3-5,7-8,10,12,15,17-19,30-31H,2,6,9,11,13H2,1H3,(H,24,29,33)/t15-,17-,18+,19+,22+,39?/m0/s1. The molecule has 4 rings (SSSR count). The van der Waals surface area contributed by atoms with Gasteiger partial charge >= 0.3 is 19.4 Å². The van der Waals surface area contributed by atoms with E-state index in [1.54, 1.807) is 25.1 Å². The van der Waals surface area contributed by atoms with Crippen molar-refractivity contribution in [1.29, 1.82) is 0 Å². The summed E-state index contributed by atoms with van der Waals surface area (Å²) in [6, 6.07) is 7.99. The average molecular weight is 566 g/mol. The van der Waals surface area contributed by atoms with E-state index in [1.807, 2.05) is 4.98 Å². The number of nitrogens with one attached hydrogen (secondary N) is 1. The van der Waals surface area contributed by atoms with Crippen molar-refractivity contribution in [1.82, 2.24) is 14.2 Å². The average Bonchev–Trinajstić information content (AvgIpc) is 3.50. The number of nitrogens with zero attached hydrogens (tertiary/aromatic N) is 5. The quantitative estimate of drug-likeness (QED) is 0.121. The van der Waals surface area contributed by atoms with E-state index in [0.717, 1.165) is 16.8 Å². The Balaban J connectivity index is 1.67. The molecule has 0 saturated carbocycles. The van der Waals surface area contributed by atoms with Gasteiger partial charge < -0.3 is 24.2 Å². The van der Waals surface area contributed by atoms with E-state index in [1.165, 1.54) is 16.8 Å². The number of hydrogen-bond donors (Lipinski definition) is 3. The van der Waals surface area contributed by atoms with Crippen LogP contribution >= 0.6 is 7.75 Å². The van der Waals surface area contributed by atoms with Crippen LogP contribution in [0.2, 0.25) is 0 Å². The van der Waals surface area contributed by atoms with Gasteiger partial charge in [-0.1, -0.05) is 23.3 Å². The molecule has 2 fully saturated rings. The predicted molar refractivity (Wildman–Crippen MR) is 132 cm³/mol. The molecule has 0 bridgehead atoms. The highest BCUT2D eigenvalue weighted by molar-refractivity contribution is 7.51. The first-order chi connectivity index (χ1) is 18.6. The summed E-state index contributed by atoms with van der Waals surface area (Å²) in [5, 5.41) is 25.0. The number of carbonyl (C=O) groups is 1. The number of aromatic amines is 1. The number of hydrogen-bond acceptors (Lipinski definition) is 11. The van der Waals surface area contributed by atoms with Gasteiger partial charge in [-0.2, -0.15) is 4.67 Å². The van der Waals surface area contributed by atoms with E-state index < -0.39 is 61.8 Å². The molecule has 1 aromatic carbocycles. The van der Waals surface area contributed by atoms with Gasteiger partial charge in [0.05, 0.1) is 13.2 Å². The Labute approximate surface area is 220 Å². The number of aliphatic hydroxyl groups excluding tert-OH is 2. The van der Waals surface area contributed by atoms with Crippen LogP contribution in [-0.4, -0.2) is 74.1 Å². The van der Waals surface area contributed by atoms with Crippen molar-refractivity contribution in [2.45, 2.75) is 50.0 Å². The molecule has 3 heterocycles. The summed E-state index contributed by atoms with van der Waals surface area (Å²) in [7, 11) is -4.43. The predicted octanol–water partition coefficient (Wildman–Crippen LogP) is 1.03. The summed E-state index contributed by atoms with van der Waals surface area (Å²) in [5.74, 6) is -0.496. The Kier molecular flexibility index (Phi) is 8.57. The third-order valence-corrected chi connectivity index (χ3v) is 8.24. The van der Waals surface area contributed by atoms with E-state index in [0.29, 0.717) is 12.8 Å². The number of ether oxygens (including phenoxy) is 2. The maximum Gasteiger partial charge on any atom is 0.462 e. The van der Waals surface area contributed by atoms with E-state index in [9.17, 15) is 34.7 Å². The third kappa shape index (κ3) is 5.77. The zero-order valence-corrected chi connectivity index (χ0v) is 21.6. The fraction of sp³-hybridized carbons (Fsp3) is 0.500. The topological polar surface area (TPSA) is 218 Å². The number of aromatic nitrogens is 2. The fourth-order valence-corrected chi connectivity index (χ4v) is 6.37. The van der Waals surface area contributed by atoms with Crippen molar-refractivity contribution < 1.29 is 38.1 Å². The molecule has 6 atom stereocenters. The summed E-state index contributed by atoms with van der Waals surface area (Å²) < 4.78 is 38.5. The van der Waals surface area contributed by atoms with Gasteiger partial charge in [0.1, 0.15) is 24.0 Å². The Morgan fingerprint density at radius 2 is 2.05 bits per heavy atom. The molecule has 2 aliphatic heterocycles. The van der Waals surface area contributed by atoms with Crippen LogP contribution in [0.15, 0.2) is 57.3 Å². The van der Waals surface area contributed by atoms with Crippen LogP contribution in [0.1, 0.15) is 26.0 Å². The lowest BCUT2D eigenvalue weighted by molar-refractivity contribution is -0.147. The summed E-state index contributed by atoms with van der Waals surface area (Å²) >= 11 is 0. The van der Waals surface area contributed by atoms with Crippen LogP contribution in [0, 0.1) is 0 Å². The summed E-state index contributed by atoms with van der Waals surface area (Å²) in [6.45, 7) is 0.937. The first-order valence-electron chi connectivity index (χ1n) is 12.0. The Bertz CT molecular complexity index is 1400. The van der Waals surface area contributed by atoms with Crippen molar-refractivity contribution in [3.05, 3.63) is 73.9 Å². The van der Waals surface area contributed by atoms with Gasteiger partial charge in [0, 0.05) is 23.7 Å². The number of rotatable bonds is 10. The molecule has 0 amide bonds. The Morgan fingerprint density at radius 3 is 2.72 bits per heavy atom. The summed E-state index contributed by atoms with van der Waals surface area (Å²) in [4.78, 5) is 41.0. The second-order valence-electron chi connectivity index (χ2n) is 8.71. The van der Waals surface area contributed by atoms with E-state index in [4.69, 9.17) is 18.5 Å². The van der Waals surface area contributed by atoms with Crippen molar-refractivity contribution in [2.75, 3.05) is 19.8 Å². The molecule has 17 heteroatoms. The molecule has 3 N–H and O–H groups in total. The minimum absolute atomic E-state index is 0.0945. The monoisotopic (exact) mass is 566 g/mol. The highest BCUT2D eigenvalue weighted by Crippen LogP contribution is 2.56. The third-order valence-electron chi connectivity index (χ3n) is 6.24. The van der Waals surface area contributed by atoms with Crippen LogP contribution in [0.4, 0.5) is 0 Å². The Hall–Kier alpha value is -3.49. The highest BCUT2D eigenvalue weighted by Gasteiger charge is 2.57. The molecule has 2 aromatic rings. The number of azide groups is 1. The summed E-state index contributed by atoms with van der Waals surface area (Å²) in [5.41, 5.74) is 5.17. The van der Waals surface area contributed by atoms with E-state index >= 15 is 0 Å². The molecule has 16 nitrogen and oxygen atoms in total. The van der Waals surface area contributed by atoms with Crippen molar-refractivity contribution in [3.8, 4) is 5.75 Å². The van der Waals surface area contributed by atoms with Crippen LogP contribution in [0.3, 0.4) is 0 Å². The van der Waals surface area contributed by atoms with Gasteiger partial charge in [-0.3, -0.25) is 23.7 Å². The molecule has 1 unspecified atom stereocenters. The fourth-order valence-electron chi connectivity index (χ4n) is 4.39. The van der Waals surface area contributed by atoms with Crippen molar-refractivity contribution in [2.24, 2.45) is 5.11 Å². The lowest BCUT2D eigenvalue weighted by Crippen LogP contribution is -2.46. The lowest BCUT2D eigenvalue weighted by Gasteiger charge is -2.33. The largest absolute Gasteiger partial charge is 0.465 e. The molecule has 1 aromatic heterocycles. The number of aliphatic hydroxyl groups is 2. The smallest absolute Gasteiger partial charge is 0.462 e. The zero-order chi connectivity index (χ0) is 28.2. The lowest BCUT2D eigenvalue weighted by atomic mass is 10.1. The van der Waals surface area contributed by atoms with Gasteiger partial charge in [-0.05, 0) is 37.4 Å². The first kappa shape index (κ1) is 28.5. The number of para-hydroxylation sites is 1. The highest BCUT2D eigenvalue weighted by atomic mass is 31.2. The maximum absolute atomic E-state index is 14.3. The molecule has 0 spiro atoms. The molecular formula is C22H27N6O10P. The first-order valence-corrected chi connectivity index (χ1v) is 13.5. The number of carbonyl (C=O) groups excluding carboxylic acids is 1. The normalized spacial score (nSPS) is 28.4. The van der Waals surface area contributed by atoms with Gasteiger partial charge in [-0.15, -0.1) is 0 Å². The minimum atomic E-state index is -4.43. The zero-order valence-electron chi connectivity index (χ0n) is 20.7. The number of benzene rings is 1. The minimum Gasteiger partial charge on any atom is -0.465 e. The van der Waals surface area contributed by atoms with Gasteiger partial charge in [-0.25, -0.2) is 9.36 Å². The number of esters is 1. The summed E-state index contributed by atoms with van der Waals surface area (Å²) in [6.07, 6.45) is -3.64. The van der Waals surface area contributed by atoms with Gasteiger partial charge in [0.25, 0.3) is 5.56 Å². The second-order valence-corrected chi connectivity index (χ2v) is 10.6. The molecule has 0 radical (unpaired) electrons. The maximum atomic E-state index is 14.3. The van der Waals surface area contributed by atoms with Crippen LogP contribution in [0.25, 0.3) is 10.4 Å². The molecule has 39 heavy (non-hydrogen) atoms. The van der Waals surface area contributed by atoms with Crippen LogP contribution < -0.4 is 15.8 Å². The molecule has 2 aliphatic rings. The molecule has 0 aliphatic carbocycles.